The molecule has 2 heterocycles. The van der Waals surface area contributed by atoms with Gasteiger partial charge in [0.25, 0.3) is 0 Å². The van der Waals surface area contributed by atoms with E-state index in [1.165, 1.54) is 0 Å². The fraction of sp³-hybridized carbons (Fsp3) is 0.286. The number of nitrogens with one attached hydrogen (secondary N) is 1. The van der Waals surface area contributed by atoms with Crippen molar-refractivity contribution in [3.63, 3.8) is 0 Å². The zero-order chi connectivity index (χ0) is 17.7. The Morgan fingerprint density at radius 2 is 1.88 bits per heavy atom. The zero-order valence-corrected chi connectivity index (χ0v) is 14.5. The van der Waals surface area contributed by atoms with Crippen molar-refractivity contribution >= 4 is 11.5 Å². The number of ether oxygens (including phenoxy) is 3. The SMILES string of the molecule is COc1ccccc1[C@H]1C2=C(CCCC2=O)Nc2cc3c(cc21)OCO3. The number of benzene rings is 2. The molecule has 0 unspecified atom stereocenters. The standard InChI is InChI=1S/C21H19NO4/c1-24-17-8-3-2-5-12(17)20-13-9-18-19(26-11-25-18)10-15(13)22-14-6-4-7-16(23)21(14)20/h2-3,5,8-10,20,22H,4,6-7,11H2,1H3/t20-/m1/s1. The number of carbonyl (C=O) groups is 1. The number of para-hydroxylation sites is 1. The number of carbonyl (C=O) groups excluding carboxylic acids is 1. The van der Waals surface area contributed by atoms with E-state index in [0.29, 0.717) is 6.42 Å². The van der Waals surface area contributed by atoms with Gasteiger partial charge in [0.15, 0.2) is 17.3 Å². The molecule has 5 nitrogen and oxygen atoms in total. The van der Waals surface area contributed by atoms with Crippen LogP contribution in [-0.2, 0) is 4.79 Å². The van der Waals surface area contributed by atoms with Crippen LogP contribution in [0.2, 0.25) is 0 Å². The smallest absolute Gasteiger partial charge is 0.231 e. The van der Waals surface area contributed by atoms with Gasteiger partial charge in [-0.1, -0.05) is 18.2 Å². The molecule has 0 saturated carbocycles. The van der Waals surface area contributed by atoms with E-state index in [9.17, 15) is 4.79 Å². The van der Waals surface area contributed by atoms with Crippen LogP contribution in [0.4, 0.5) is 5.69 Å². The molecule has 0 spiro atoms. The highest BCUT2D eigenvalue weighted by molar-refractivity contribution is 6.01. The molecule has 0 fully saturated rings. The van der Waals surface area contributed by atoms with Gasteiger partial charge in [0.1, 0.15) is 5.75 Å². The zero-order valence-electron chi connectivity index (χ0n) is 14.5. The second kappa shape index (κ2) is 5.80. The van der Waals surface area contributed by atoms with Crippen molar-refractivity contribution in [3.8, 4) is 17.2 Å². The Balaban J connectivity index is 1.76. The molecule has 132 valence electrons. The van der Waals surface area contributed by atoms with Crippen molar-refractivity contribution in [1.29, 1.82) is 0 Å². The second-order valence-corrected chi connectivity index (χ2v) is 6.76. The summed E-state index contributed by atoms with van der Waals surface area (Å²) in [5, 5.41) is 3.48. The van der Waals surface area contributed by atoms with E-state index in [0.717, 1.165) is 58.2 Å². The van der Waals surface area contributed by atoms with Gasteiger partial charge in [0.05, 0.1) is 7.11 Å². The highest BCUT2D eigenvalue weighted by Gasteiger charge is 2.37. The molecule has 5 rings (SSSR count). The predicted octanol–water partition coefficient (Wildman–Crippen LogP) is 3.99. The van der Waals surface area contributed by atoms with Crippen LogP contribution in [-0.4, -0.2) is 19.7 Å². The Morgan fingerprint density at radius 3 is 2.73 bits per heavy atom. The van der Waals surface area contributed by atoms with E-state index in [1.54, 1.807) is 7.11 Å². The summed E-state index contributed by atoms with van der Waals surface area (Å²) in [5.74, 6) is 2.28. The fourth-order valence-electron chi connectivity index (χ4n) is 4.18. The maximum absolute atomic E-state index is 12.9. The van der Waals surface area contributed by atoms with Gasteiger partial charge in [-0.3, -0.25) is 4.79 Å². The molecule has 1 aliphatic carbocycles. The van der Waals surface area contributed by atoms with Crippen molar-refractivity contribution in [2.45, 2.75) is 25.2 Å². The molecule has 0 bridgehead atoms. The van der Waals surface area contributed by atoms with Gasteiger partial charge in [0.2, 0.25) is 6.79 Å². The quantitative estimate of drug-likeness (QED) is 0.888. The van der Waals surface area contributed by atoms with Crippen LogP contribution in [0, 0.1) is 0 Å². The van der Waals surface area contributed by atoms with Gasteiger partial charge in [-0.15, -0.1) is 0 Å². The van der Waals surface area contributed by atoms with Crippen molar-refractivity contribution in [1.82, 2.24) is 0 Å². The summed E-state index contributed by atoms with van der Waals surface area (Å²) in [6, 6.07) is 11.9. The van der Waals surface area contributed by atoms with Gasteiger partial charge < -0.3 is 19.5 Å². The van der Waals surface area contributed by atoms with E-state index >= 15 is 0 Å². The molecule has 3 aliphatic rings. The van der Waals surface area contributed by atoms with E-state index in [4.69, 9.17) is 14.2 Å². The molecule has 2 aromatic rings. The van der Waals surface area contributed by atoms with E-state index in [1.807, 2.05) is 36.4 Å². The lowest BCUT2D eigenvalue weighted by atomic mass is 9.75. The Hall–Kier alpha value is -2.95. The number of ketones is 1. The molecule has 5 heteroatoms. The van der Waals surface area contributed by atoms with Crippen molar-refractivity contribution in [2.24, 2.45) is 0 Å². The van der Waals surface area contributed by atoms with Crippen molar-refractivity contribution < 1.29 is 19.0 Å². The van der Waals surface area contributed by atoms with E-state index < -0.39 is 0 Å². The lowest BCUT2D eigenvalue weighted by Crippen LogP contribution is -2.27. The fourth-order valence-corrected chi connectivity index (χ4v) is 4.18. The summed E-state index contributed by atoms with van der Waals surface area (Å²) in [7, 11) is 1.67. The van der Waals surface area contributed by atoms with Crippen LogP contribution in [0.3, 0.4) is 0 Å². The molecule has 2 aliphatic heterocycles. The lowest BCUT2D eigenvalue weighted by Gasteiger charge is -2.34. The van der Waals surface area contributed by atoms with Crippen LogP contribution in [0.15, 0.2) is 47.7 Å². The van der Waals surface area contributed by atoms with Crippen LogP contribution in [0.5, 0.6) is 17.2 Å². The summed E-state index contributed by atoms with van der Waals surface area (Å²) >= 11 is 0. The number of hydrogen-bond acceptors (Lipinski definition) is 5. The summed E-state index contributed by atoms with van der Waals surface area (Å²) in [5.41, 5.74) is 4.86. The average Bonchev–Trinajstić information content (AvgIpc) is 3.12. The predicted molar refractivity (Wildman–Crippen MR) is 96.9 cm³/mol. The Bertz CT molecular complexity index is 947. The number of rotatable bonds is 2. The largest absolute Gasteiger partial charge is 0.496 e. The van der Waals surface area contributed by atoms with Crippen molar-refractivity contribution in [3.05, 3.63) is 58.8 Å². The monoisotopic (exact) mass is 349 g/mol. The number of fused-ring (bicyclic) bond motifs is 2. The normalized spacial score (nSPS) is 20.3. The van der Waals surface area contributed by atoms with E-state index in [-0.39, 0.29) is 18.5 Å². The highest BCUT2D eigenvalue weighted by atomic mass is 16.7. The first kappa shape index (κ1) is 15.3. The van der Waals surface area contributed by atoms with Crippen LogP contribution < -0.4 is 19.5 Å². The molecule has 0 radical (unpaired) electrons. The summed E-state index contributed by atoms with van der Waals surface area (Å²) in [6.45, 7) is 0.226. The Kier molecular flexibility index (Phi) is 3.42. The molecule has 0 aromatic heterocycles. The summed E-state index contributed by atoms with van der Waals surface area (Å²) < 4.78 is 16.7. The molecule has 26 heavy (non-hydrogen) atoms. The molecule has 0 amide bonds. The van der Waals surface area contributed by atoms with Crippen LogP contribution in [0.25, 0.3) is 0 Å². The lowest BCUT2D eigenvalue weighted by molar-refractivity contribution is -0.116. The maximum atomic E-state index is 12.9. The Morgan fingerprint density at radius 1 is 1.08 bits per heavy atom. The van der Waals surface area contributed by atoms with Gasteiger partial charge in [-0.25, -0.2) is 0 Å². The average molecular weight is 349 g/mol. The molecule has 1 N–H and O–H groups in total. The van der Waals surface area contributed by atoms with Gasteiger partial charge in [0, 0.05) is 40.9 Å². The highest BCUT2D eigenvalue weighted by Crippen LogP contribution is 2.50. The second-order valence-electron chi connectivity index (χ2n) is 6.76. The van der Waals surface area contributed by atoms with Gasteiger partial charge in [-0.05, 0) is 30.5 Å². The minimum absolute atomic E-state index is 0.167. The first-order valence-corrected chi connectivity index (χ1v) is 8.86. The third-order valence-electron chi connectivity index (χ3n) is 5.34. The maximum Gasteiger partial charge on any atom is 0.231 e. The minimum Gasteiger partial charge on any atom is -0.496 e. The summed E-state index contributed by atoms with van der Waals surface area (Å²) in [6.07, 6.45) is 2.34. The number of hydrogen-bond donors (Lipinski definition) is 1. The molecule has 0 saturated heterocycles. The first-order chi connectivity index (χ1) is 12.8. The van der Waals surface area contributed by atoms with Crippen LogP contribution in [0.1, 0.15) is 36.3 Å². The Labute approximate surface area is 151 Å². The first-order valence-electron chi connectivity index (χ1n) is 8.86. The minimum atomic E-state index is -0.167. The third kappa shape index (κ3) is 2.20. The van der Waals surface area contributed by atoms with Gasteiger partial charge >= 0.3 is 0 Å². The molecular formula is C21H19NO4. The number of methoxy groups -OCH3 is 1. The van der Waals surface area contributed by atoms with E-state index in [2.05, 4.69) is 5.32 Å². The number of Topliss-reactive ketones (excluding diaryl/α,β-unsaturated/α-hetero) is 1. The number of allylic oxidation sites excluding steroid dienone is 2. The third-order valence-corrected chi connectivity index (χ3v) is 5.34. The summed E-state index contributed by atoms with van der Waals surface area (Å²) in [4.78, 5) is 12.9. The topological polar surface area (TPSA) is 56.8 Å². The van der Waals surface area contributed by atoms with Gasteiger partial charge in [-0.2, -0.15) is 0 Å². The molecule has 2 aromatic carbocycles. The molecule has 1 atom stereocenters. The van der Waals surface area contributed by atoms with Crippen molar-refractivity contribution in [2.75, 3.05) is 19.2 Å². The van der Waals surface area contributed by atoms with Crippen LogP contribution >= 0.6 is 0 Å². The number of anilines is 1. The molecular weight excluding hydrogens is 330 g/mol.